The van der Waals surface area contributed by atoms with Crippen LogP contribution in [-0.4, -0.2) is 40.5 Å². The summed E-state index contributed by atoms with van der Waals surface area (Å²) >= 11 is 3.15. The Morgan fingerprint density at radius 1 is 1.38 bits per heavy atom. The quantitative estimate of drug-likeness (QED) is 0.743. The van der Waals surface area contributed by atoms with Crippen LogP contribution in [0.25, 0.3) is 10.2 Å². The van der Waals surface area contributed by atoms with Gasteiger partial charge in [-0.1, -0.05) is 0 Å². The van der Waals surface area contributed by atoms with Crippen molar-refractivity contribution >= 4 is 44.6 Å². The molecular weight excluding hydrogens is 366 g/mol. The van der Waals surface area contributed by atoms with Crippen LogP contribution in [0.5, 0.6) is 0 Å². The summed E-state index contributed by atoms with van der Waals surface area (Å²) < 4.78 is 1.15. The lowest BCUT2D eigenvalue weighted by atomic mass is 9.98. The number of amides is 1. The average molecular weight is 388 g/mol. The van der Waals surface area contributed by atoms with Crippen LogP contribution in [0.1, 0.15) is 33.2 Å². The van der Waals surface area contributed by atoms with Gasteiger partial charge < -0.3 is 10.2 Å². The highest BCUT2D eigenvalue weighted by molar-refractivity contribution is 7.17. The summed E-state index contributed by atoms with van der Waals surface area (Å²) in [6.07, 6.45) is 3.87. The van der Waals surface area contributed by atoms with E-state index in [0.29, 0.717) is 12.5 Å². The summed E-state index contributed by atoms with van der Waals surface area (Å²) in [6, 6.07) is 2.03. The Kier molecular flexibility index (Phi) is 4.86. The van der Waals surface area contributed by atoms with E-state index in [2.05, 4.69) is 30.5 Å². The van der Waals surface area contributed by atoms with Crippen LogP contribution in [0.15, 0.2) is 17.8 Å². The van der Waals surface area contributed by atoms with E-state index in [0.717, 1.165) is 57.5 Å². The highest BCUT2D eigenvalue weighted by Crippen LogP contribution is 2.30. The van der Waals surface area contributed by atoms with Crippen molar-refractivity contribution in [2.24, 2.45) is 5.92 Å². The van der Waals surface area contributed by atoms with E-state index >= 15 is 0 Å². The molecule has 1 amide bonds. The van der Waals surface area contributed by atoms with E-state index in [1.807, 2.05) is 19.9 Å². The molecule has 0 saturated carbocycles. The number of carbonyl (C=O) groups is 1. The Morgan fingerprint density at radius 3 is 3.08 bits per heavy atom. The molecule has 136 valence electrons. The Morgan fingerprint density at radius 2 is 2.27 bits per heavy atom. The van der Waals surface area contributed by atoms with Crippen molar-refractivity contribution < 1.29 is 4.79 Å². The molecule has 1 aliphatic rings. The molecule has 1 N–H and O–H groups in total. The second-order valence-electron chi connectivity index (χ2n) is 6.64. The van der Waals surface area contributed by atoms with Gasteiger partial charge in [-0.25, -0.2) is 15.0 Å². The van der Waals surface area contributed by atoms with Gasteiger partial charge in [0.2, 0.25) is 0 Å². The highest BCUT2D eigenvalue weighted by Gasteiger charge is 2.24. The van der Waals surface area contributed by atoms with E-state index in [1.54, 1.807) is 17.7 Å². The number of anilines is 1. The minimum atomic E-state index is -0.00657. The first-order valence-electron chi connectivity index (χ1n) is 8.77. The summed E-state index contributed by atoms with van der Waals surface area (Å²) in [6.45, 7) is 6.42. The van der Waals surface area contributed by atoms with Gasteiger partial charge in [-0.3, -0.25) is 4.79 Å². The number of aryl methyl sites for hydroxylation is 2. The zero-order chi connectivity index (χ0) is 18.1. The molecule has 0 spiro atoms. The molecule has 0 bridgehead atoms. The van der Waals surface area contributed by atoms with E-state index in [1.165, 1.54) is 11.3 Å². The fraction of sp³-hybridized carbons (Fsp3) is 0.444. The van der Waals surface area contributed by atoms with Gasteiger partial charge >= 0.3 is 0 Å². The third kappa shape index (κ3) is 3.43. The fourth-order valence-electron chi connectivity index (χ4n) is 3.48. The SMILES string of the molecule is Cc1nc(C)c(C(=O)NCC2CCCN(c3ncnc4ccsc34)C2)s1. The number of nitrogens with zero attached hydrogens (tertiary/aromatic N) is 4. The highest BCUT2D eigenvalue weighted by atomic mass is 32.1. The van der Waals surface area contributed by atoms with Gasteiger partial charge in [0, 0.05) is 19.6 Å². The normalized spacial score (nSPS) is 17.6. The summed E-state index contributed by atoms with van der Waals surface area (Å²) in [5, 5.41) is 6.09. The lowest BCUT2D eigenvalue weighted by Gasteiger charge is -2.33. The third-order valence-electron chi connectivity index (χ3n) is 4.70. The van der Waals surface area contributed by atoms with Gasteiger partial charge in [0.05, 0.1) is 20.9 Å². The fourth-order valence-corrected chi connectivity index (χ4v) is 5.18. The summed E-state index contributed by atoms with van der Waals surface area (Å²) in [5.41, 5.74) is 1.82. The van der Waals surface area contributed by atoms with Crippen LogP contribution in [-0.2, 0) is 0 Å². The van der Waals surface area contributed by atoms with Crippen LogP contribution in [0.2, 0.25) is 0 Å². The van der Waals surface area contributed by atoms with Gasteiger partial charge in [-0.15, -0.1) is 22.7 Å². The second-order valence-corrected chi connectivity index (χ2v) is 8.76. The van der Waals surface area contributed by atoms with Crippen molar-refractivity contribution in [3.05, 3.63) is 33.4 Å². The van der Waals surface area contributed by atoms with Crippen LogP contribution in [0, 0.1) is 19.8 Å². The molecular formula is C18H21N5OS2. The Balaban J connectivity index is 1.42. The zero-order valence-electron chi connectivity index (χ0n) is 14.9. The Hall–Kier alpha value is -2.06. The van der Waals surface area contributed by atoms with Gasteiger partial charge in [-0.2, -0.15) is 0 Å². The van der Waals surface area contributed by atoms with E-state index in [-0.39, 0.29) is 5.91 Å². The summed E-state index contributed by atoms with van der Waals surface area (Å²) in [5.74, 6) is 1.44. The zero-order valence-corrected chi connectivity index (χ0v) is 16.5. The molecule has 4 heterocycles. The van der Waals surface area contributed by atoms with Crippen molar-refractivity contribution in [2.75, 3.05) is 24.5 Å². The molecule has 1 atom stereocenters. The molecule has 0 aromatic carbocycles. The Labute approximate surface area is 160 Å². The molecule has 0 radical (unpaired) electrons. The number of carbonyl (C=O) groups excluding carboxylic acids is 1. The van der Waals surface area contributed by atoms with Crippen molar-refractivity contribution in [3.63, 3.8) is 0 Å². The smallest absolute Gasteiger partial charge is 0.263 e. The van der Waals surface area contributed by atoms with Gasteiger partial charge in [0.1, 0.15) is 17.0 Å². The molecule has 8 heteroatoms. The first kappa shape index (κ1) is 17.4. The predicted octanol–water partition coefficient (Wildman–Crippen LogP) is 3.41. The van der Waals surface area contributed by atoms with Crippen LogP contribution in [0.4, 0.5) is 5.82 Å². The average Bonchev–Trinajstić information content (AvgIpc) is 3.25. The van der Waals surface area contributed by atoms with E-state index in [4.69, 9.17) is 0 Å². The van der Waals surface area contributed by atoms with Gasteiger partial charge in [-0.05, 0) is 44.1 Å². The van der Waals surface area contributed by atoms with Crippen molar-refractivity contribution in [3.8, 4) is 0 Å². The molecule has 1 unspecified atom stereocenters. The lowest BCUT2D eigenvalue weighted by Crippen LogP contribution is -2.41. The molecule has 26 heavy (non-hydrogen) atoms. The lowest BCUT2D eigenvalue weighted by molar-refractivity contribution is 0.0949. The maximum absolute atomic E-state index is 12.4. The summed E-state index contributed by atoms with van der Waals surface area (Å²) in [4.78, 5) is 28.7. The molecule has 1 fully saturated rings. The largest absolute Gasteiger partial charge is 0.355 e. The van der Waals surface area contributed by atoms with Gasteiger partial charge in [0.15, 0.2) is 0 Å². The summed E-state index contributed by atoms with van der Waals surface area (Å²) in [7, 11) is 0. The first-order chi connectivity index (χ1) is 12.6. The molecule has 4 rings (SSSR count). The number of hydrogen-bond acceptors (Lipinski definition) is 7. The monoisotopic (exact) mass is 387 g/mol. The number of aromatic nitrogens is 3. The van der Waals surface area contributed by atoms with Crippen LogP contribution < -0.4 is 10.2 Å². The second kappa shape index (κ2) is 7.28. The maximum Gasteiger partial charge on any atom is 0.263 e. The van der Waals surface area contributed by atoms with Crippen LogP contribution >= 0.6 is 22.7 Å². The van der Waals surface area contributed by atoms with Crippen molar-refractivity contribution in [1.29, 1.82) is 0 Å². The third-order valence-corrected chi connectivity index (χ3v) is 6.68. The number of hydrogen-bond donors (Lipinski definition) is 1. The minimum Gasteiger partial charge on any atom is -0.355 e. The molecule has 1 aliphatic heterocycles. The maximum atomic E-state index is 12.4. The number of thiazole rings is 1. The van der Waals surface area contributed by atoms with E-state index in [9.17, 15) is 4.79 Å². The number of piperidine rings is 1. The predicted molar refractivity (Wildman–Crippen MR) is 106 cm³/mol. The molecule has 1 saturated heterocycles. The number of nitrogens with one attached hydrogen (secondary N) is 1. The topological polar surface area (TPSA) is 71.0 Å². The van der Waals surface area contributed by atoms with Crippen LogP contribution in [0.3, 0.4) is 0 Å². The molecule has 3 aromatic rings. The van der Waals surface area contributed by atoms with Crippen molar-refractivity contribution in [1.82, 2.24) is 20.3 Å². The van der Waals surface area contributed by atoms with E-state index < -0.39 is 0 Å². The standard InChI is InChI=1S/C18H21N5OS2/c1-11-15(26-12(2)22-11)18(24)19-8-13-4-3-6-23(9-13)17-16-14(5-7-25-16)20-10-21-17/h5,7,10,13H,3-4,6,8-9H2,1-2H3,(H,19,24). The molecule has 3 aromatic heterocycles. The minimum absolute atomic E-state index is 0.00657. The number of rotatable bonds is 4. The van der Waals surface area contributed by atoms with Crippen molar-refractivity contribution in [2.45, 2.75) is 26.7 Å². The first-order valence-corrected chi connectivity index (χ1v) is 10.5. The number of fused-ring (bicyclic) bond motifs is 1. The number of thiophene rings is 1. The van der Waals surface area contributed by atoms with Gasteiger partial charge in [0.25, 0.3) is 5.91 Å². The molecule has 0 aliphatic carbocycles. The molecule has 6 nitrogen and oxygen atoms in total. The Bertz CT molecular complexity index is 935.